The van der Waals surface area contributed by atoms with Crippen LogP contribution < -0.4 is 0 Å². The first-order valence-corrected chi connectivity index (χ1v) is 4.26. The molecule has 0 saturated carbocycles. The van der Waals surface area contributed by atoms with E-state index in [0.717, 1.165) is 0 Å². The van der Waals surface area contributed by atoms with Gasteiger partial charge in [0, 0.05) is 12.4 Å². The Morgan fingerprint density at radius 2 is 2.29 bits per heavy atom. The van der Waals surface area contributed by atoms with Crippen molar-refractivity contribution in [3.05, 3.63) is 41.3 Å². The summed E-state index contributed by atoms with van der Waals surface area (Å²) in [6.45, 7) is 0. The largest absolute Gasteiger partial charge is 0.236 e. The van der Waals surface area contributed by atoms with Gasteiger partial charge in [0.15, 0.2) is 11.5 Å². The van der Waals surface area contributed by atoms with Gasteiger partial charge in [-0.05, 0) is 18.2 Å². The maximum atomic E-state index is 8.59. The Morgan fingerprint density at radius 3 is 2.93 bits per heavy atom. The van der Waals surface area contributed by atoms with E-state index < -0.39 is 0 Å². The molecule has 0 spiro atoms. The Hall–Kier alpha value is -1.86. The van der Waals surface area contributed by atoms with E-state index in [-0.39, 0.29) is 0 Å². The molecule has 2 aromatic heterocycles. The fourth-order valence-electron chi connectivity index (χ4n) is 1.05. The lowest BCUT2D eigenvalue weighted by Crippen LogP contribution is -1.98. The van der Waals surface area contributed by atoms with Crippen LogP contribution in [0.15, 0.2) is 30.6 Å². The lowest BCUT2D eigenvalue weighted by molar-refractivity contribution is 0.841. The van der Waals surface area contributed by atoms with Gasteiger partial charge in [-0.1, -0.05) is 11.6 Å². The summed E-state index contributed by atoms with van der Waals surface area (Å²) in [5.41, 5.74) is 0.340. The predicted molar refractivity (Wildman–Crippen MR) is 51.1 cm³/mol. The third-order valence-electron chi connectivity index (χ3n) is 1.66. The molecule has 0 N–H and O–H groups in total. The second-order valence-electron chi connectivity index (χ2n) is 2.57. The zero-order valence-electron chi connectivity index (χ0n) is 7.05. The Bertz CT molecular complexity index is 498. The molecule has 0 aliphatic carbocycles. The van der Waals surface area contributed by atoms with E-state index in [1.165, 1.54) is 4.68 Å². The van der Waals surface area contributed by atoms with Crippen LogP contribution in [-0.4, -0.2) is 14.8 Å². The molecule has 0 aromatic carbocycles. The monoisotopic (exact) mass is 204 g/mol. The average Bonchev–Trinajstić information content (AvgIpc) is 2.67. The highest BCUT2D eigenvalue weighted by Crippen LogP contribution is 2.15. The van der Waals surface area contributed by atoms with Gasteiger partial charge in [-0.25, -0.2) is 9.67 Å². The van der Waals surface area contributed by atoms with E-state index in [1.54, 1.807) is 30.6 Å². The molecule has 5 heteroatoms. The van der Waals surface area contributed by atoms with Crippen LogP contribution in [0.2, 0.25) is 5.02 Å². The van der Waals surface area contributed by atoms with Crippen LogP contribution >= 0.6 is 11.6 Å². The maximum Gasteiger partial charge on any atom is 0.172 e. The van der Waals surface area contributed by atoms with Crippen molar-refractivity contribution < 1.29 is 0 Å². The highest BCUT2D eigenvalue weighted by atomic mass is 35.5. The summed E-state index contributed by atoms with van der Waals surface area (Å²) in [6, 6.07) is 6.99. The van der Waals surface area contributed by atoms with Gasteiger partial charge in [0.25, 0.3) is 0 Å². The molecule has 2 heterocycles. The van der Waals surface area contributed by atoms with Gasteiger partial charge in [-0.15, -0.1) is 0 Å². The first-order valence-electron chi connectivity index (χ1n) is 3.88. The Labute approximate surface area is 85.4 Å². The molecule has 4 nitrogen and oxygen atoms in total. The molecule has 0 saturated heterocycles. The lowest BCUT2D eigenvalue weighted by Gasteiger charge is -2.00. The third kappa shape index (κ3) is 1.45. The summed E-state index contributed by atoms with van der Waals surface area (Å²) in [5, 5.41) is 13.1. The number of hydrogen-bond donors (Lipinski definition) is 0. The summed E-state index contributed by atoms with van der Waals surface area (Å²) in [6.07, 6.45) is 3.27. The molecule has 2 aromatic rings. The molecule has 2 rings (SSSR count). The molecular weight excluding hydrogens is 200 g/mol. The molecule has 0 aliphatic rings. The third-order valence-corrected chi connectivity index (χ3v) is 1.95. The highest BCUT2D eigenvalue weighted by molar-refractivity contribution is 6.32. The molecule has 68 valence electrons. The Balaban J connectivity index is 2.51. The number of halogens is 1. The number of hydrogen-bond acceptors (Lipinski definition) is 3. The van der Waals surface area contributed by atoms with Crippen LogP contribution in [0.3, 0.4) is 0 Å². The smallest absolute Gasteiger partial charge is 0.172 e. The van der Waals surface area contributed by atoms with Gasteiger partial charge >= 0.3 is 0 Å². The summed E-state index contributed by atoms with van der Waals surface area (Å²) < 4.78 is 1.47. The number of nitriles is 1. The van der Waals surface area contributed by atoms with Gasteiger partial charge in [-0.3, -0.25) is 0 Å². The van der Waals surface area contributed by atoms with Gasteiger partial charge in [0.1, 0.15) is 6.07 Å². The Morgan fingerprint density at radius 1 is 1.43 bits per heavy atom. The van der Waals surface area contributed by atoms with E-state index in [0.29, 0.717) is 16.5 Å². The first-order chi connectivity index (χ1) is 6.81. The minimum Gasteiger partial charge on any atom is -0.236 e. The number of nitrogens with zero attached hydrogens (tertiary/aromatic N) is 4. The van der Waals surface area contributed by atoms with E-state index in [4.69, 9.17) is 16.9 Å². The molecule has 14 heavy (non-hydrogen) atoms. The summed E-state index contributed by atoms with van der Waals surface area (Å²) in [7, 11) is 0. The lowest BCUT2D eigenvalue weighted by atomic mass is 10.4. The molecule has 0 atom stereocenters. The normalized spacial score (nSPS) is 9.71. The number of aromatic nitrogens is 3. The van der Waals surface area contributed by atoms with Crippen molar-refractivity contribution in [2.24, 2.45) is 0 Å². The predicted octanol–water partition coefficient (Wildman–Crippen LogP) is 1.79. The second-order valence-corrected chi connectivity index (χ2v) is 2.97. The van der Waals surface area contributed by atoms with Crippen molar-refractivity contribution in [1.82, 2.24) is 14.8 Å². The van der Waals surface area contributed by atoms with Crippen molar-refractivity contribution in [3.63, 3.8) is 0 Å². The molecule has 0 bridgehead atoms. The van der Waals surface area contributed by atoms with Crippen LogP contribution in [-0.2, 0) is 0 Å². The summed E-state index contributed by atoms with van der Waals surface area (Å²) in [5.74, 6) is 0.524. The zero-order chi connectivity index (χ0) is 9.97. The van der Waals surface area contributed by atoms with Crippen LogP contribution in [0.4, 0.5) is 0 Å². The standard InChI is InChI=1S/C9H5ClN4/c10-8-2-1-4-12-9(8)14-5-3-7(6-11)13-14/h1-5H. The van der Waals surface area contributed by atoms with E-state index in [2.05, 4.69) is 10.1 Å². The van der Waals surface area contributed by atoms with Crippen LogP contribution in [0.5, 0.6) is 0 Å². The molecule has 0 radical (unpaired) electrons. The van der Waals surface area contributed by atoms with Crippen molar-refractivity contribution in [2.45, 2.75) is 0 Å². The van der Waals surface area contributed by atoms with Gasteiger partial charge < -0.3 is 0 Å². The van der Waals surface area contributed by atoms with Crippen molar-refractivity contribution in [3.8, 4) is 11.9 Å². The van der Waals surface area contributed by atoms with E-state index >= 15 is 0 Å². The van der Waals surface area contributed by atoms with Crippen molar-refractivity contribution in [2.75, 3.05) is 0 Å². The molecule has 0 unspecified atom stereocenters. The minimum atomic E-state index is 0.340. The topological polar surface area (TPSA) is 54.5 Å². The molecule has 0 amide bonds. The van der Waals surface area contributed by atoms with Crippen LogP contribution in [0.25, 0.3) is 5.82 Å². The van der Waals surface area contributed by atoms with E-state index in [1.807, 2.05) is 6.07 Å². The maximum absolute atomic E-state index is 8.59. The minimum absolute atomic E-state index is 0.340. The SMILES string of the molecule is N#Cc1ccn(-c2ncccc2Cl)n1. The van der Waals surface area contributed by atoms with Crippen molar-refractivity contribution >= 4 is 11.6 Å². The van der Waals surface area contributed by atoms with Gasteiger partial charge in [0.2, 0.25) is 0 Å². The van der Waals surface area contributed by atoms with Crippen LogP contribution in [0.1, 0.15) is 5.69 Å². The number of rotatable bonds is 1. The van der Waals surface area contributed by atoms with Gasteiger partial charge in [0.05, 0.1) is 5.02 Å². The quantitative estimate of drug-likeness (QED) is 0.712. The highest BCUT2D eigenvalue weighted by Gasteiger charge is 2.04. The zero-order valence-corrected chi connectivity index (χ0v) is 7.81. The summed E-state index contributed by atoms with van der Waals surface area (Å²) in [4.78, 5) is 4.06. The van der Waals surface area contributed by atoms with E-state index in [9.17, 15) is 0 Å². The molecular formula is C9H5ClN4. The van der Waals surface area contributed by atoms with Crippen molar-refractivity contribution in [1.29, 1.82) is 5.26 Å². The fourth-order valence-corrected chi connectivity index (χ4v) is 1.26. The van der Waals surface area contributed by atoms with Crippen LogP contribution in [0, 0.1) is 11.3 Å². The first kappa shape index (κ1) is 8.73. The molecule has 0 fully saturated rings. The fraction of sp³-hybridized carbons (Fsp3) is 0. The second kappa shape index (κ2) is 3.48. The molecule has 0 aliphatic heterocycles. The number of pyridine rings is 1. The summed E-state index contributed by atoms with van der Waals surface area (Å²) >= 11 is 5.90. The van der Waals surface area contributed by atoms with Gasteiger partial charge in [-0.2, -0.15) is 10.4 Å². The average molecular weight is 205 g/mol. The Kier molecular flexibility index (Phi) is 2.17.